The second-order valence-electron chi connectivity index (χ2n) is 20.8. The average Bonchev–Trinajstić information content (AvgIpc) is 3.76. The van der Waals surface area contributed by atoms with Crippen molar-refractivity contribution in [3.05, 3.63) is 114 Å². The molecule has 5 heterocycles. The first-order valence-electron chi connectivity index (χ1n) is 22.7. The van der Waals surface area contributed by atoms with E-state index in [9.17, 15) is 0 Å². The summed E-state index contributed by atoms with van der Waals surface area (Å²) in [5.41, 5.74) is 19.3. The molecule has 0 unspecified atom stereocenters. The lowest BCUT2D eigenvalue weighted by atomic mass is 9.34. The van der Waals surface area contributed by atoms with Crippen molar-refractivity contribution in [1.82, 2.24) is 19.1 Å². The van der Waals surface area contributed by atoms with Gasteiger partial charge in [0, 0.05) is 61.9 Å². The Morgan fingerprint density at radius 2 is 0.983 bits per heavy atom. The Morgan fingerprint density at radius 3 is 1.42 bits per heavy atom. The summed E-state index contributed by atoms with van der Waals surface area (Å²) >= 11 is 0. The molecule has 2 saturated carbocycles. The molecule has 0 bridgehead atoms. The molecule has 12 rings (SSSR count). The average molecular weight is 771 g/mol. The number of hydrogen-bond donors (Lipinski definition) is 0. The summed E-state index contributed by atoms with van der Waals surface area (Å²) in [7, 11) is 0. The van der Waals surface area contributed by atoms with Crippen LogP contribution in [0.15, 0.2) is 91.3 Å². The Balaban J connectivity index is 1.27. The first-order chi connectivity index (χ1) is 28.5. The van der Waals surface area contributed by atoms with Gasteiger partial charge in [-0.05, 0) is 142 Å². The summed E-state index contributed by atoms with van der Waals surface area (Å²) in [5, 5.41) is 5.58. The third-order valence-corrected chi connectivity index (χ3v) is 15.1. The highest BCUT2D eigenvalue weighted by molar-refractivity contribution is 7.00. The van der Waals surface area contributed by atoms with Gasteiger partial charge in [-0.3, -0.25) is 0 Å². The fraction of sp³-hybridized carbons (Fsp3) is 0.370. The summed E-state index contributed by atoms with van der Waals surface area (Å²) < 4.78 is 5.30. The van der Waals surface area contributed by atoms with Crippen molar-refractivity contribution in [3.63, 3.8) is 0 Å². The van der Waals surface area contributed by atoms with Gasteiger partial charge in [0.1, 0.15) is 0 Å². The van der Waals surface area contributed by atoms with Gasteiger partial charge in [-0.25, -0.2) is 9.97 Å². The molecule has 59 heavy (non-hydrogen) atoms. The molecular weight excluding hydrogens is 715 g/mol. The normalized spacial score (nSPS) is 17.2. The van der Waals surface area contributed by atoms with Crippen molar-refractivity contribution in [3.8, 4) is 22.8 Å². The van der Waals surface area contributed by atoms with E-state index in [0.29, 0.717) is 11.8 Å². The third-order valence-electron chi connectivity index (χ3n) is 15.1. The van der Waals surface area contributed by atoms with Crippen LogP contribution in [0, 0.1) is 0 Å². The van der Waals surface area contributed by atoms with Gasteiger partial charge in [-0.2, -0.15) is 0 Å². The second-order valence-corrected chi connectivity index (χ2v) is 20.8. The largest absolute Gasteiger partial charge is 0.310 e. The minimum Gasteiger partial charge on any atom is -0.310 e. The number of nitrogens with zero attached hydrogens (tertiary/aromatic N) is 4. The summed E-state index contributed by atoms with van der Waals surface area (Å²) in [6.45, 7) is 14.2. The molecule has 0 radical (unpaired) electrons. The Labute approximate surface area is 349 Å². The molecule has 4 nitrogen and oxygen atoms in total. The first-order valence-corrected chi connectivity index (χ1v) is 22.7. The van der Waals surface area contributed by atoms with Crippen LogP contribution in [0.3, 0.4) is 0 Å². The molecule has 0 spiro atoms. The molecule has 0 N–H and O–H groups in total. The lowest BCUT2D eigenvalue weighted by Gasteiger charge is -2.35. The van der Waals surface area contributed by atoms with E-state index >= 15 is 0 Å². The number of rotatable bonds is 3. The summed E-state index contributed by atoms with van der Waals surface area (Å²) in [6, 6.07) is 32.1. The van der Waals surface area contributed by atoms with Crippen LogP contribution in [-0.4, -0.2) is 25.8 Å². The molecule has 5 heteroatoms. The molecule has 2 aliphatic carbocycles. The van der Waals surface area contributed by atoms with Crippen LogP contribution in [0.1, 0.15) is 140 Å². The van der Waals surface area contributed by atoms with Crippen LogP contribution in [0.5, 0.6) is 0 Å². The minimum absolute atomic E-state index is 0.0452. The SMILES string of the molecule is CC(C)(C)c1ccc2c(c1)c1cc(C3CCCCC3)cc3c1n2-c1cc(-c2ncccn2)cc2c1B3c1cc(C3CCCCC3)cc3c4cc(C(C)(C)C)ccc4n-2c13. The molecule has 4 aliphatic rings. The van der Waals surface area contributed by atoms with Gasteiger partial charge in [-0.15, -0.1) is 0 Å². The molecule has 3 aromatic heterocycles. The van der Waals surface area contributed by atoms with Crippen molar-refractivity contribution < 1.29 is 0 Å². The number of benzene rings is 5. The Bertz CT molecular complexity index is 2850. The van der Waals surface area contributed by atoms with Gasteiger partial charge >= 0.3 is 0 Å². The van der Waals surface area contributed by atoms with Crippen molar-refractivity contribution in [2.24, 2.45) is 0 Å². The van der Waals surface area contributed by atoms with Gasteiger partial charge in [0.15, 0.2) is 5.82 Å². The molecule has 2 fully saturated rings. The van der Waals surface area contributed by atoms with E-state index in [0.717, 1.165) is 11.4 Å². The standard InChI is InChI=1S/C54H55BN4/c1-53(2,3)37-18-20-45-39(30-37)41-24-34(32-14-9-7-10-15-32)26-43-50(41)58(45)47-28-36(52-56-22-13-23-57-52)29-48-49(47)55(43)44-27-35(33-16-11-8-12-17-33)25-42-40-31-38(54(4,5)6)19-21-46(40)59(48)51(42)44/h13,18-33H,7-12,14-17H2,1-6H3. The Hall–Kier alpha value is -5.16. The van der Waals surface area contributed by atoms with E-state index in [-0.39, 0.29) is 17.5 Å². The molecule has 5 aromatic carbocycles. The monoisotopic (exact) mass is 770 g/mol. The maximum atomic E-state index is 4.87. The minimum atomic E-state index is 0.0452. The number of fused-ring (bicyclic) bond motifs is 10. The molecule has 0 amide bonds. The van der Waals surface area contributed by atoms with E-state index in [1.165, 1.54) is 147 Å². The van der Waals surface area contributed by atoms with Gasteiger partial charge in [-0.1, -0.05) is 104 Å². The zero-order valence-electron chi connectivity index (χ0n) is 35.8. The van der Waals surface area contributed by atoms with E-state index < -0.39 is 0 Å². The maximum absolute atomic E-state index is 4.87. The van der Waals surface area contributed by atoms with Crippen molar-refractivity contribution in [1.29, 1.82) is 0 Å². The lowest BCUT2D eigenvalue weighted by Crippen LogP contribution is -2.59. The number of hydrogen-bond acceptors (Lipinski definition) is 2. The quantitative estimate of drug-likeness (QED) is 0.168. The fourth-order valence-corrected chi connectivity index (χ4v) is 12.0. The third kappa shape index (κ3) is 5.28. The number of aromatic nitrogens is 4. The van der Waals surface area contributed by atoms with Crippen LogP contribution in [0.4, 0.5) is 0 Å². The lowest BCUT2D eigenvalue weighted by molar-refractivity contribution is 0.444. The van der Waals surface area contributed by atoms with Crippen molar-refractivity contribution in [2.45, 2.75) is 128 Å². The Kier molecular flexibility index (Phi) is 7.68. The van der Waals surface area contributed by atoms with Gasteiger partial charge in [0.2, 0.25) is 0 Å². The van der Waals surface area contributed by atoms with Crippen LogP contribution in [-0.2, 0) is 10.8 Å². The zero-order valence-corrected chi connectivity index (χ0v) is 35.8. The maximum Gasteiger partial charge on any atom is 0.252 e. The molecular formula is C54H55BN4. The predicted octanol–water partition coefficient (Wildman–Crippen LogP) is 12.2. The molecule has 2 aliphatic heterocycles. The van der Waals surface area contributed by atoms with Crippen LogP contribution in [0.25, 0.3) is 66.4 Å². The zero-order chi connectivity index (χ0) is 39.9. The van der Waals surface area contributed by atoms with E-state index in [4.69, 9.17) is 9.97 Å². The summed E-state index contributed by atoms with van der Waals surface area (Å²) in [4.78, 5) is 9.74. The first kappa shape index (κ1) is 35.8. The summed E-state index contributed by atoms with van der Waals surface area (Å²) in [6.07, 6.45) is 17.0. The van der Waals surface area contributed by atoms with Gasteiger partial charge in [0.25, 0.3) is 6.71 Å². The van der Waals surface area contributed by atoms with E-state index in [2.05, 4.69) is 123 Å². The predicted molar refractivity (Wildman–Crippen MR) is 250 cm³/mol. The smallest absolute Gasteiger partial charge is 0.252 e. The molecule has 0 saturated heterocycles. The Morgan fingerprint density at radius 1 is 0.525 bits per heavy atom. The topological polar surface area (TPSA) is 35.6 Å². The highest BCUT2D eigenvalue weighted by Gasteiger charge is 2.42. The molecule has 8 aromatic rings. The van der Waals surface area contributed by atoms with E-state index in [1.54, 1.807) is 11.1 Å². The van der Waals surface area contributed by atoms with Gasteiger partial charge < -0.3 is 9.13 Å². The summed E-state index contributed by atoms with van der Waals surface area (Å²) in [5.74, 6) is 1.98. The molecule has 294 valence electrons. The van der Waals surface area contributed by atoms with Crippen molar-refractivity contribution in [2.75, 3.05) is 0 Å². The van der Waals surface area contributed by atoms with Gasteiger partial charge in [0.05, 0.1) is 11.0 Å². The highest BCUT2D eigenvalue weighted by atomic mass is 15.0. The highest BCUT2D eigenvalue weighted by Crippen LogP contribution is 2.45. The molecule has 0 atom stereocenters. The van der Waals surface area contributed by atoms with E-state index in [1.807, 2.05) is 18.5 Å². The van der Waals surface area contributed by atoms with Crippen molar-refractivity contribution >= 4 is 66.7 Å². The van der Waals surface area contributed by atoms with Crippen LogP contribution >= 0.6 is 0 Å². The second kappa shape index (κ2) is 12.7. The van der Waals surface area contributed by atoms with Crippen LogP contribution < -0.4 is 16.4 Å². The fourth-order valence-electron chi connectivity index (χ4n) is 12.0. The van der Waals surface area contributed by atoms with Crippen LogP contribution in [0.2, 0.25) is 0 Å².